The van der Waals surface area contributed by atoms with E-state index in [0.717, 1.165) is 0 Å². The van der Waals surface area contributed by atoms with Crippen molar-refractivity contribution in [2.75, 3.05) is 0 Å². The third-order valence-corrected chi connectivity index (χ3v) is 0.722. The number of hydrogen-bond donors (Lipinski definition) is 1. The van der Waals surface area contributed by atoms with Crippen molar-refractivity contribution >= 4 is 29.6 Å². The van der Waals surface area contributed by atoms with Gasteiger partial charge in [0.1, 0.15) is 0 Å². The Morgan fingerprint density at radius 3 is 1.44 bits per heavy atom. The second-order valence-corrected chi connectivity index (χ2v) is 3.55. The molecule has 1 N–H and O–H groups in total. The first-order valence-electron chi connectivity index (χ1n) is 3.19. The summed E-state index contributed by atoms with van der Waals surface area (Å²) in [6.07, 6.45) is 0. The first-order chi connectivity index (χ1) is 3.42. The van der Waals surface area contributed by atoms with Crippen molar-refractivity contribution in [1.82, 2.24) is 5.32 Å². The summed E-state index contributed by atoms with van der Waals surface area (Å²) >= 11 is 0. The molecule has 0 aromatic rings. The SMILES string of the molecule is CC(C)NC(C)(C)C.[NaH]. The van der Waals surface area contributed by atoms with Crippen LogP contribution >= 0.6 is 0 Å². The molecule has 0 atom stereocenters. The molecule has 0 aromatic carbocycles. The van der Waals surface area contributed by atoms with Gasteiger partial charge in [0.15, 0.2) is 0 Å². The fourth-order valence-corrected chi connectivity index (χ4v) is 0.866. The topological polar surface area (TPSA) is 12.0 Å². The molecule has 0 aliphatic rings. The third kappa shape index (κ3) is 12.2. The van der Waals surface area contributed by atoms with Crippen LogP contribution in [0.25, 0.3) is 0 Å². The summed E-state index contributed by atoms with van der Waals surface area (Å²) in [6.45, 7) is 10.8. The van der Waals surface area contributed by atoms with E-state index in [1.165, 1.54) is 0 Å². The van der Waals surface area contributed by atoms with Gasteiger partial charge in [0.25, 0.3) is 0 Å². The van der Waals surface area contributed by atoms with E-state index in [9.17, 15) is 0 Å². The van der Waals surface area contributed by atoms with E-state index in [1.54, 1.807) is 0 Å². The van der Waals surface area contributed by atoms with Crippen LogP contribution in [0.15, 0.2) is 0 Å². The zero-order valence-electron chi connectivity index (χ0n) is 6.58. The second kappa shape index (κ2) is 4.73. The zero-order chi connectivity index (χ0) is 6.78. The van der Waals surface area contributed by atoms with Crippen molar-refractivity contribution < 1.29 is 0 Å². The summed E-state index contributed by atoms with van der Waals surface area (Å²) in [4.78, 5) is 0. The van der Waals surface area contributed by atoms with E-state index in [4.69, 9.17) is 0 Å². The summed E-state index contributed by atoms with van der Waals surface area (Å²) in [5.41, 5.74) is 0.272. The molecular weight excluding hydrogens is 121 g/mol. The van der Waals surface area contributed by atoms with Gasteiger partial charge in [0.05, 0.1) is 0 Å². The van der Waals surface area contributed by atoms with Gasteiger partial charge in [0.2, 0.25) is 0 Å². The molecule has 0 saturated carbocycles. The molecule has 52 valence electrons. The van der Waals surface area contributed by atoms with Gasteiger partial charge in [-0.1, -0.05) is 13.8 Å². The molecule has 0 aliphatic carbocycles. The molecule has 0 fully saturated rings. The van der Waals surface area contributed by atoms with Crippen molar-refractivity contribution in [3.8, 4) is 0 Å². The van der Waals surface area contributed by atoms with Crippen LogP contribution in [-0.2, 0) is 0 Å². The second-order valence-electron chi connectivity index (χ2n) is 3.55. The van der Waals surface area contributed by atoms with E-state index in [-0.39, 0.29) is 35.1 Å². The van der Waals surface area contributed by atoms with Crippen molar-refractivity contribution in [2.45, 2.75) is 46.2 Å². The Morgan fingerprint density at radius 2 is 1.44 bits per heavy atom. The molecule has 0 radical (unpaired) electrons. The normalized spacial score (nSPS) is 11.3. The van der Waals surface area contributed by atoms with Gasteiger partial charge in [-0.15, -0.1) is 0 Å². The fraction of sp³-hybridized carbons (Fsp3) is 1.00. The van der Waals surface area contributed by atoms with Crippen LogP contribution < -0.4 is 5.32 Å². The minimum absolute atomic E-state index is 0. The Balaban J connectivity index is 0. The molecule has 0 spiro atoms. The van der Waals surface area contributed by atoms with Gasteiger partial charge in [0, 0.05) is 11.6 Å². The Hall–Kier alpha value is 0.960. The predicted molar refractivity (Wildman–Crippen MR) is 45.2 cm³/mol. The van der Waals surface area contributed by atoms with Crippen LogP contribution in [0.5, 0.6) is 0 Å². The van der Waals surface area contributed by atoms with Crippen molar-refractivity contribution in [3.63, 3.8) is 0 Å². The number of hydrogen-bond acceptors (Lipinski definition) is 1. The van der Waals surface area contributed by atoms with Gasteiger partial charge in [-0.2, -0.15) is 0 Å². The summed E-state index contributed by atoms with van der Waals surface area (Å²) in [5.74, 6) is 0. The Bertz CT molecular complexity index is 63.8. The van der Waals surface area contributed by atoms with Crippen LogP contribution in [0.3, 0.4) is 0 Å². The Morgan fingerprint density at radius 1 is 1.11 bits per heavy atom. The molecule has 0 aromatic heterocycles. The number of rotatable bonds is 1. The third-order valence-electron chi connectivity index (χ3n) is 0.722. The van der Waals surface area contributed by atoms with Crippen LogP contribution in [0.1, 0.15) is 34.6 Å². The molecule has 0 unspecified atom stereocenters. The van der Waals surface area contributed by atoms with Gasteiger partial charge in [-0.25, -0.2) is 0 Å². The molecule has 0 rings (SSSR count). The maximum atomic E-state index is 3.38. The van der Waals surface area contributed by atoms with Gasteiger partial charge >= 0.3 is 29.6 Å². The molecule has 0 aliphatic heterocycles. The fourth-order valence-electron chi connectivity index (χ4n) is 0.866. The maximum absolute atomic E-state index is 3.38. The standard InChI is InChI=1S/C7H17N.Na.H/c1-6(2)8-7(3,4)5;;/h6,8H,1-5H3;;. The molecular formula is C7H18NNa. The van der Waals surface area contributed by atoms with Crippen molar-refractivity contribution in [1.29, 1.82) is 0 Å². The predicted octanol–water partition coefficient (Wildman–Crippen LogP) is 1.13. The number of nitrogens with one attached hydrogen (secondary N) is 1. The molecule has 0 heterocycles. The summed E-state index contributed by atoms with van der Waals surface area (Å²) in [5, 5.41) is 3.38. The summed E-state index contributed by atoms with van der Waals surface area (Å²) in [7, 11) is 0. The minimum atomic E-state index is 0. The van der Waals surface area contributed by atoms with E-state index in [1.807, 2.05) is 0 Å². The van der Waals surface area contributed by atoms with Gasteiger partial charge in [-0.3, -0.25) is 0 Å². The average molecular weight is 139 g/mol. The van der Waals surface area contributed by atoms with E-state index in [2.05, 4.69) is 39.9 Å². The van der Waals surface area contributed by atoms with Gasteiger partial charge in [-0.05, 0) is 20.8 Å². The molecule has 2 heteroatoms. The Labute approximate surface area is 80.9 Å². The van der Waals surface area contributed by atoms with E-state index >= 15 is 0 Å². The Kier molecular flexibility index (Phi) is 6.63. The monoisotopic (exact) mass is 139 g/mol. The summed E-state index contributed by atoms with van der Waals surface area (Å²) < 4.78 is 0. The van der Waals surface area contributed by atoms with E-state index in [0.29, 0.717) is 6.04 Å². The molecule has 0 bridgehead atoms. The van der Waals surface area contributed by atoms with Gasteiger partial charge < -0.3 is 5.32 Å². The van der Waals surface area contributed by atoms with Crippen LogP contribution in [0, 0.1) is 0 Å². The van der Waals surface area contributed by atoms with Crippen LogP contribution in [-0.4, -0.2) is 41.1 Å². The summed E-state index contributed by atoms with van der Waals surface area (Å²) in [6, 6.07) is 0.593. The van der Waals surface area contributed by atoms with Crippen LogP contribution in [0.4, 0.5) is 0 Å². The van der Waals surface area contributed by atoms with E-state index < -0.39 is 0 Å². The molecule has 1 nitrogen and oxygen atoms in total. The zero-order valence-corrected chi connectivity index (χ0v) is 6.58. The van der Waals surface area contributed by atoms with Crippen molar-refractivity contribution in [3.05, 3.63) is 0 Å². The first kappa shape index (κ1) is 12.6. The average Bonchev–Trinajstić information content (AvgIpc) is 1.21. The quantitative estimate of drug-likeness (QED) is 0.537. The van der Waals surface area contributed by atoms with Crippen molar-refractivity contribution in [2.24, 2.45) is 0 Å². The molecule has 0 saturated heterocycles. The molecule has 0 amide bonds. The first-order valence-corrected chi connectivity index (χ1v) is 3.19. The molecule has 9 heavy (non-hydrogen) atoms. The van der Waals surface area contributed by atoms with Crippen LogP contribution in [0.2, 0.25) is 0 Å².